The number of benzene rings is 1. The number of hydrogen-bond donors (Lipinski definition) is 0. The van der Waals surface area contributed by atoms with Crippen LogP contribution in [0, 0.1) is 0 Å². The van der Waals surface area contributed by atoms with Gasteiger partial charge in [0.15, 0.2) is 8.32 Å². The van der Waals surface area contributed by atoms with Gasteiger partial charge in [-0.1, -0.05) is 81.0 Å². The third kappa shape index (κ3) is 11.0. The Bertz CT molecular complexity index is 882. The summed E-state index contributed by atoms with van der Waals surface area (Å²) < 4.78 is 23.8. The van der Waals surface area contributed by atoms with Gasteiger partial charge in [-0.3, -0.25) is 0 Å². The molecule has 0 radical (unpaired) electrons. The molecule has 0 aliphatic carbocycles. The van der Waals surface area contributed by atoms with Crippen LogP contribution in [0.15, 0.2) is 66.3 Å². The molecule has 0 spiro atoms. The molecule has 3 atom stereocenters. The van der Waals surface area contributed by atoms with Crippen LogP contribution in [0.1, 0.15) is 58.9 Å². The Morgan fingerprint density at radius 1 is 1.19 bits per heavy atom. The second kappa shape index (κ2) is 14.7. The predicted molar refractivity (Wildman–Crippen MR) is 149 cm³/mol. The van der Waals surface area contributed by atoms with Gasteiger partial charge in [0.05, 0.1) is 32.0 Å². The van der Waals surface area contributed by atoms with E-state index in [0.717, 1.165) is 31.3 Å². The molecule has 0 fully saturated rings. The van der Waals surface area contributed by atoms with E-state index in [2.05, 4.69) is 64.2 Å². The van der Waals surface area contributed by atoms with Crippen LogP contribution in [-0.4, -0.2) is 46.3 Å². The van der Waals surface area contributed by atoms with E-state index in [4.69, 9.17) is 18.6 Å². The largest absolute Gasteiger partial charge is 0.466 e. The van der Waals surface area contributed by atoms with Gasteiger partial charge >= 0.3 is 5.97 Å². The lowest BCUT2D eigenvalue weighted by Crippen LogP contribution is -2.45. The lowest BCUT2D eigenvalue weighted by molar-refractivity contribution is -0.134. The highest BCUT2D eigenvalue weighted by Gasteiger charge is 2.39. The van der Waals surface area contributed by atoms with Gasteiger partial charge in [0.1, 0.15) is 0 Å². The molecule has 1 heterocycles. The molecule has 1 aromatic rings. The van der Waals surface area contributed by atoms with E-state index in [1.807, 2.05) is 25.1 Å². The molecule has 6 heteroatoms. The highest BCUT2D eigenvalue weighted by atomic mass is 28.4. The lowest BCUT2D eigenvalue weighted by atomic mass is 10.0. The van der Waals surface area contributed by atoms with Crippen LogP contribution in [0.25, 0.3) is 0 Å². The van der Waals surface area contributed by atoms with E-state index in [1.165, 1.54) is 18.7 Å². The summed E-state index contributed by atoms with van der Waals surface area (Å²) in [7, 11) is -0.579. The van der Waals surface area contributed by atoms with E-state index >= 15 is 0 Å². The first-order valence-corrected chi connectivity index (χ1v) is 16.0. The van der Waals surface area contributed by atoms with E-state index in [9.17, 15) is 4.79 Å². The van der Waals surface area contributed by atoms with Gasteiger partial charge in [-0.15, -0.1) is 0 Å². The minimum Gasteiger partial charge on any atom is -0.466 e. The lowest BCUT2D eigenvalue weighted by Gasteiger charge is -2.40. The maximum Gasteiger partial charge on any atom is 0.330 e. The molecular formula is C30H46O5Si. The smallest absolute Gasteiger partial charge is 0.330 e. The topological polar surface area (TPSA) is 54.0 Å². The number of ether oxygens (including phenoxy) is 3. The summed E-state index contributed by atoms with van der Waals surface area (Å²) in [5.41, 5.74) is 2.20. The van der Waals surface area contributed by atoms with Crippen molar-refractivity contribution < 1.29 is 23.4 Å². The number of allylic oxidation sites excluding steroid dienone is 2. The summed E-state index contributed by atoms with van der Waals surface area (Å²) in [6.07, 6.45) is 13.4. The summed E-state index contributed by atoms with van der Waals surface area (Å²) >= 11 is 0. The fourth-order valence-corrected chi connectivity index (χ4v) is 5.11. The Hall–Kier alpha value is -1.99. The molecule has 0 aromatic heterocycles. The molecule has 0 saturated carbocycles. The fraction of sp³-hybridized carbons (Fsp3) is 0.567. The molecule has 5 nitrogen and oxygen atoms in total. The van der Waals surface area contributed by atoms with Crippen molar-refractivity contribution in [1.29, 1.82) is 0 Å². The second-order valence-electron chi connectivity index (χ2n) is 11.1. The van der Waals surface area contributed by atoms with Gasteiger partial charge in [-0.05, 0) is 49.9 Å². The average Bonchev–Trinajstić information content (AvgIpc) is 2.83. The van der Waals surface area contributed by atoms with E-state index in [-0.39, 0.29) is 29.3 Å². The second-order valence-corrected chi connectivity index (χ2v) is 15.8. The number of carbonyl (C=O) groups is 1. The summed E-state index contributed by atoms with van der Waals surface area (Å²) in [6, 6.07) is 10.3. The molecule has 1 aliphatic heterocycles. The van der Waals surface area contributed by atoms with E-state index in [1.54, 1.807) is 6.08 Å². The van der Waals surface area contributed by atoms with Crippen molar-refractivity contribution in [3.05, 3.63) is 71.8 Å². The van der Waals surface area contributed by atoms with Crippen LogP contribution in [0.4, 0.5) is 0 Å². The Balaban J connectivity index is 1.95. The summed E-state index contributed by atoms with van der Waals surface area (Å²) in [4.78, 5) is 11.4. The highest BCUT2D eigenvalue weighted by Crippen LogP contribution is 2.38. The van der Waals surface area contributed by atoms with Crippen LogP contribution in [-0.2, 0) is 30.0 Å². The number of carbonyl (C=O) groups excluding carboxylic acids is 1. The third-order valence-electron chi connectivity index (χ3n) is 6.96. The Morgan fingerprint density at radius 3 is 2.58 bits per heavy atom. The van der Waals surface area contributed by atoms with E-state index < -0.39 is 8.32 Å². The quantitative estimate of drug-likeness (QED) is 0.0698. The molecular weight excluding hydrogens is 468 g/mol. The van der Waals surface area contributed by atoms with Crippen molar-refractivity contribution in [3.8, 4) is 0 Å². The minimum atomic E-state index is -1.96. The Labute approximate surface area is 219 Å². The molecule has 200 valence electrons. The number of esters is 1. The molecule has 2 rings (SSSR count). The van der Waals surface area contributed by atoms with Crippen molar-refractivity contribution in [2.45, 2.75) is 96.4 Å². The summed E-state index contributed by atoms with van der Waals surface area (Å²) in [6.45, 7) is 14.7. The van der Waals surface area contributed by atoms with Crippen molar-refractivity contribution in [2.24, 2.45) is 0 Å². The third-order valence-corrected chi connectivity index (χ3v) is 11.5. The van der Waals surface area contributed by atoms with Crippen LogP contribution in [0.3, 0.4) is 0 Å². The number of methoxy groups -OCH3 is 1. The van der Waals surface area contributed by atoms with Crippen molar-refractivity contribution in [3.63, 3.8) is 0 Å². The van der Waals surface area contributed by atoms with Gasteiger partial charge in [-0.2, -0.15) is 0 Å². The van der Waals surface area contributed by atoms with Gasteiger partial charge in [0, 0.05) is 19.1 Å². The van der Waals surface area contributed by atoms with Crippen LogP contribution >= 0.6 is 0 Å². The zero-order valence-electron chi connectivity index (χ0n) is 23.3. The van der Waals surface area contributed by atoms with Gasteiger partial charge in [0.2, 0.25) is 0 Å². The minimum absolute atomic E-state index is 0.0203. The average molecular weight is 515 g/mol. The molecule has 0 bridgehead atoms. The van der Waals surface area contributed by atoms with Gasteiger partial charge in [-0.25, -0.2) is 4.79 Å². The number of hydrogen-bond acceptors (Lipinski definition) is 5. The first-order chi connectivity index (χ1) is 17.0. The molecule has 1 aromatic carbocycles. The van der Waals surface area contributed by atoms with Crippen molar-refractivity contribution in [2.75, 3.05) is 13.7 Å². The van der Waals surface area contributed by atoms with Gasteiger partial charge in [0.25, 0.3) is 0 Å². The van der Waals surface area contributed by atoms with E-state index in [0.29, 0.717) is 13.2 Å². The van der Waals surface area contributed by atoms with Crippen molar-refractivity contribution in [1.82, 2.24) is 0 Å². The summed E-state index contributed by atoms with van der Waals surface area (Å²) in [5.74, 6) is -0.351. The Kier molecular flexibility index (Phi) is 12.3. The van der Waals surface area contributed by atoms with Gasteiger partial charge < -0.3 is 18.6 Å². The first-order valence-electron chi connectivity index (χ1n) is 13.0. The molecule has 0 saturated heterocycles. The zero-order chi connectivity index (χ0) is 26.6. The number of rotatable bonds is 13. The normalized spacial score (nSPS) is 20.0. The van der Waals surface area contributed by atoms with Crippen LogP contribution in [0.2, 0.25) is 18.1 Å². The monoisotopic (exact) mass is 514 g/mol. The zero-order valence-corrected chi connectivity index (χ0v) is 24.3. The molecule has 1 aliphatic rings. The first kappa shape index (κ1) is 30.2. The SMILES string of the molecule is COC(=O)/C=C/C(C)=C/C[C@@H](C[C@H]1C=CC[C@H](CCOCc2ccccc2)O1)O[Si](C)(C)C(C)(C)C. The van der Waals surface area contributed by atoms with Crippen LogP contribution < -0.4 is 0 Å². The Morgan fingerprint density at radius 2 is 1.92 bits per heavy atom. The molecule has 0 amide bonds. The molecule has 36 heavy (non-hydrogen) atoms. The summed E-state index contributed by atoms with van der Waals surface area (Å²) in [5, 5.41) is 0.122. The van der Waals surface area contributed by atoms with Crippen molar-refractivity contribution >= 4 is 14.3 Å². The maximum atomic E-state index is 11.4. The standard InChI is InChI=1S/C30H46O5Si/c1-24(17-19-29(31)32-5)16-18-28(35-36(6,7)30(2,3)4)22-27-15-11-14-26(34-27)20-21-33-23-25-12-9-8-10-13-25/h8-13,15-17,19,26-28H,14,18,20-23H2,1-7H3/b19-17+,24-16+/t26-,27-,28+/m1/s1. The fourth-order valence-electron chi connectivity index (χ4n) is 3.73. The van der Waals surface area contributed by atoms with Crippen LogP contribution in [0.5, 0.6) is 0 Å². The highest BCUT2D eigenvalue weighted by molar-refractivity contribution is 6.74. The molecule has 0 unspecified atom stereocenters. The maximum absolute atomic E-state index is 11.4. The molecule has 0 N–H and O–H groups in total. The predicted octanol–water partition coefficient (Wildman–Crippen LogP) is 7.15.